The van der Waals surface area contributed by atoms with Gasteiger partial charge >= 0.3 is 0 Å². The van der Waals surface area contributed by atoms with Crippen LogP contribution in [0.4, 0.5) is 0 Å². The Balaban J connectivity index is 1.79. The van der Waals surface area contributed by atoms with Gasteiger partial charge in [-0.2, -0.15) is 0 Å². The van der Waals surface area contributed by atoms with E-state index in [9.17, 15) is 0 Å². The summed E-state index contributed by atoms with van der Waals surface area (Å²) in [4.78, 5) is 10.4. The SMILES string of the molecule is C1=C(c2c[nH]c3cccnc23)CCN2CCCC12. The number of nitrogens with zero attached hydrogens (tertiary/aromatic N) is 2. The fraction of sp³-hybridized carbons (Fsp3) is 0.400. The van der Waals surface area contributed by atoms with E-state index in [-0.39, 0.29) is 0 Å². The molecule has 4 heterocycles. The van der Waals surface area contributed by atoms with Crippen molar-refractivity contribution in [3.05, 3.63) is 36.2 Å². The molecule has 0 bridgehead atoms. The average molecular weight is 239 g/mol. The van der Waals surface area contributed by atoms with Gasteiger partial charge < -0.3 is 4.98 Å². The van der Waals surface area contributed by atoms with E-state index in [1.54, 1.807) is 0 Å². The zero-order chi connectivity index (χ0) is 11.9. The molecule has 1 unspecified atom stereocenters. The summed E-state index contributed by atoms with van der Waals surface area (Å²) in [5, 5.41) is 0. The summed E-state index contributed by atoms with van der Waals surface area (Å²) in [5.41, 5.74) is 5.04. The Morgan fingerprint density at radius 2 is 2.33 bits per heavy atom. The molecule has 0 spiro atoms. The zero-order valence-corrected chi connectivity index (χ0v) is 10.4. The first-order valence-electron chi connectivity index (χ1n) is 6.79. The van der Waals surface area contributed by atoms with Crippen LogP contribution in [0.5, 0.6) is 0 Å². The topological polar surface area (TPSA) is 31.9 Å². The van der Waals surface area contributed by atoms with Gasteiger partial charge in [-0.25, -0.2) is 0 Å². The summed E-state index contributed by atoms with van der Waals surface area (Å²) in [6, 6.07) is 4.75. The minimum atomic E-state index is 0.669. The summed E-state index contributed by atoms with van der Waals surface area (Å²) in [6.07, 6.45) is 10.3. The Bertz CT molecular complexity index is 611. The van der Waals surface area contributed by atoms with Crippen molar-refractivity contribution in [2.75, 3.05) is 13.1 Å². The molecule has 3 heteroatoms. The number of aromatic nitrogens is 2. The number of pyridine rings is 1. The average Bonchev–Trinajstić information content (AvgIpc) is 3.04. The molecule has 0 radical (unpaired) electrons. The van der Waals surface area contributed by atoms with Gasteiger partial charge in [0.2, 0.25) is 0 Å². The molecule has 2 aliphatic heterocycles. The summed E-state index contributed by atoms with van der Waals surface area (Å²) in [7, 11) is 0. The maximum atomic E-state index is 4.52. The normalized spacial score (nSPS) is 24.2. The number of aromatic amines is 1. The summed E-state index contributed by atoms with van der Waals surface area (Å²) < 4.78 is 0. The minimum absolute atomic E-state index is 0.669. The van der Waals surface area contributed by atoms with E-state index in [2.05, 4.69) is 33.2 Å². The van der Waals surface area contributed by atoms with Crippen molar-refractivity contribution < 1.29 is 0 Å². The standard InChI is InChI=1S/C15H17N3/c1-4-14-15(16-6-1)13(10-17-14)11-5-8-18-7-2-3-12(18)9-11/h1,4,6,9-10,12,17H,2-3,5,7-8H2. The predicted octanol–water partition coefficient (Wildman–Crippen LogP) is 2.81. The fourth-order valence-electron chi connectivity index (χ4n) is 3.32. The number of fused-ring (bicyclic) bond motifs is 2. The molecule has 1 atom stereocenters. The molecular formula is C15H17N3. The highest BCUT2D eigenvalue weighted by atomic mass is 15.2. The second-order valence-electron chi connectivity index (χ2n) is 5.29. The van der Waals surface area contributed by atoms with E-state index in [1.807, 2.05) is 12.3 Å². The van der Waals surface area contributed by atoms with Crippen LogP contribution in [0, 0.1) is 0 Å². The largest absolute Gasteiger partial charge is 0.359 e. The molecule has 1 fully saturated rings. The molecular weight excluding hydrogens is 222 g/mol. The van der Waals surface area contributed by atoms with Crippen molar-refractivity contribution in [3.63, 3.8) is 0 Å². The van der Waals surface area contributed by atoms with E-state index in [0.717, 1.165) is 17.5 Å². The van der Waals surface area contributed by atoms with Crippen LogP contribution in [0.3, 0.4) is 0 Å². The highest BCUT2D eigenvalue weighted by Crippen LogP contribution is 2.33. The fourth-order valence-corrected chi connectivity index (χ4v) is 3.32. The van der Waals surface area contributed by atoms with Crippen LogP contribution in [0.25, 0.3) is 16.6 Å². The molecule has 18 heavy (non-hydrogen) atoms. The van der Waals surface area contributed by atoms with Crippen LogP contribution in [0.15, 0.2) is 30.6 Å². The van der Waals surface area contributed by atoms with Gasteiger partial charge in [0.25, 0.3) is 0 Å². The van der Waals surface area contributed by atoms with Crippen molar-refractivity contribution in [3.8, 4) is 0 Å². The van der Waals surface area contributed by atoms with Gasteiger partial charge in [-0.05, 0) is 43.5 Å². The lowest BCUT2D eigenvalue weighted by Crippen LogP contribution is -2.32. The lowest BCUT2D eigenvalue weighted by molar-refractivity contribution is 0.288. The van der Waals surface area contributed by atoms with Crippen molar-refractivity contribution >= 4 is 16.6 Å². The van der Waals surface area contributed by atoms with Crippen molar-refractivity contribution in [1.29, 1.82) is 0 Å². The highest BCUT2D eigenvalue weighted by molar-refractivity contribution is 5.89. The molecule has 2 aliphatic rings. The molecule has 3 nitrogen and oxygen atoms in total. The Kier molecular flexibility index (Phi) is 2.27. The molecule has 1 N–H and O–H groups in total. The third kappa shape index (κ3) is 1.51. The summed E-state index contributed by atoms with van der Waals surface area (Å²) in [6.45, 7) is 2.48. The van der Waals surface area contributed by atoms with E-state index in [4.69, 9.17) is 0 Å². The van der Waals surface area contributed by atoms with Gasteiger partial charge in [0, 0.05) is 30.5 Å². The lowest BCUT2D eigenvalue weighted by Gasteiger charge is -2.28. The third-order valence-electron chi connectivity index (χ3n) is 4.26. The molecule has 0 aromatic carbocycles. The van der Waals surface area contributed by atoms with Gasteiger partial charge in [0.1, 0.15) is 0 Å². The molecule has 2 aromatic rings. The number of nitrogens with one attached hydrogen (secondary N) is 1. The van der Waals surface area contributed by atoms with E-state index in [1.165, 1.54) is 37.1 Å². The van der Waals surface area contributed by atoms with Crippen LogP contribution in [0.2, 0.25) is 0 Å². The van der Waals surface area contributed by atoms with Crippen molar-refractivity contribution in [2.45, 2.75) is 25.3 Å². The van der Waals surface area contributed by atoms with E-state index < -0.39 is 0 Å². The Morgan fingerprint density at radius 1 is 1.33 bits per heavy atom. The first-order valence-corrected chi connectivity index (χ1v) is 6.79. The van der Waals surface area contributed by atoms with Crippen LogP contribution >= 0.6 is 0 Å². The first-order chi connectivity index (χ1) is 8.92. The second-order valence-corrected chi connectivity index (χ2v) is 5.29. The van der Waals surface area contributed by atoms with Gasteiger partial charge in [0.15, 0.2) is 0 Å². The van der Waals surface area contributed by atoms with Gasteiger partial charge in [-0.15, -0.1) is 0 Å². The number of hydrogen-bond acceptors (Lipinski definition) is 2. The van der Waals surface area contributed by atoms with Gasteiger partial charge in [0.05, 0.1) is 11.0 Å². The number of hydrogen-bond donors (Lipinski definition) is 1. The van der Waals surface area contributed by atoms with Crippen LogP contribution < -0.4 is 0 Å². The minimum Gasteiger partial charge on any atom is -0.359 e. The molecule has 2 aromatic heterocycles. The molecule has 0 saturated carbocycles. The van der Waals surface area contributed by atoms with E-state index >= 15 is 0 Å². The number of H-pyrrole nitrogens is 1. The van der Waals surface area contributed by atoms with E-state index in [0.29, 0.717) is 6.04 Å². The molecule has 0 aliphatic carbocycles. The van der Waals surface area contributed by atoms with Crippen LogP contribution in [0.1, 0.15) is 24.8 Å². The smallest absolute Gasteiger partial charge is 0.0953 e. The predicted molar refractivity (Wildman–Crippen MR) is 73.3 cm³/mol. The van der Waals surface area contributed by atoms with Crippen molar-refractivity contribution in [2.24, 2.45) is 0 Å². The monoisotopic (exact) mass is 239 g/mol. The second kappa shape index (κ2) is 3.95. The highest BCUT2D eigenvalue weighted by Gasteiger charge is 2.27. The maximum Gasteiger partial charge on any atom is 0.0953 e. The summed E-state index contributed by atoms with van der Waals surface area (Å²) in [5.74, 6) is 0. The molecule has 1 saturated heterocycles. The molecule has 92 valence electrons. The Labute approximate surface area is 107 Å². The first kappa shape index (κ1) is 10.3. The number of rotatable bonds is 1. The van der Waals surface area contributed by atoms with Crippen LogP contribution in [-0.4, -0.2) is 34.0 Å². The van der Waals surface area contributed by atoms with Gasteiger partial charge in [-0.1, -0.05) is 6.08 Å². The maximum absolute atomic E-state index is 4.52. The lowest BCUT2D eigenvalue weighted by atomic mass is 9.97. The molecule has 0 amide bonds. The third-order valence-corrected chi connectivity index (χ3v) is 4.26. The Morgan fingerprint density at radius 3 is 3.33 bits per heavy atom. The zero-order valence-electron chi connectivity index (χ0n) is 10.4. The van der Waals surface area contributed by atoms with Crippen LogP contribution in [-0.2, 0) is 0 Å². The Hall–Kier alpha value is -1.61. The quantitative estimate of drug-likeness (QED) is 0.829. The molecule has 4 rings (SSSR count). The van der Waals surface area contributed by atoms with Crippen molar-refractivity contribution in [1.82, 2.24) is 14.9 Å². The van der Waals surface area contributed by atoms with Gasteiger partial charge in [-0.3, -0.25) is 9.88 Å². The summed E-state index contributed by atoms with van der Waals surface area (Å²) >= 11 is 0.